The zero-order chi connectivity index (χ0) is 27.4. The van der Waals surface area contributed by atoms with Gasteiger partial charge < -0.3 is 19.1 Å². The number of rotatable bonds is 6. The lowest BCUT2D eigenvalue weighted by atomic mass is 10.1. The fraction of sp³-hybridized carbons (Fsp3) is 0.407. The highest BCUT2D eigenvalue weighted by Gasteiger charge is 2.35. The number of benzene rings is 1. The number of fused-ring (bicyclic) bond motifs is 1. The molecule has 1 aliphatic rings. The average Bonchev–Trinajstić information content (AvgIpc) is 2.87. The van der Waals surface area contributed by atoms with Crippen LogP contribution in [0.4, 0.5) is 13.6 Å². The van der Waals surface area contributed by atoms with Crippen molar-refractivity contribution < 1.29 is 32.6 Å². The summed E-state index contributed by atoms with van der Waals surface area (Å²) in [6.45, 7) is 6.62. The highest BCUT2D eigenvalue weighted by molar-refractivity contribution is 5.95. The Kier molecular flexibility index (Phi) is 8.05. The van der Waals surface area contributed by atoms with E-state index in [0.29, 0.717) is 24.4 Å². The number of hydrogen-bond donors (Lipinski definition) is 0. The van der Waals surface area contributed by atoms with Crippen molar-refractivity contribution in [2.45, 2.75) is 38.8 Å². The Morgan fingerprint density at radius 1 is 1.11 bits per heavy atom. The first-order valence-corrected chi connectivity index (χ1v) is 12.1. The molecule has 0 spiro atoms. The van der Waals surface area contributed by atoms with Crippen LogP contribution in [0.1, 0.15) is 43.2 Å². The average molecular weight is 529 g/mol. The SMILES string of the molecule is COC[C@H]1CN(C(=O)c2ccc3cc(Oc4ccc(C(F)F)cn4)ccc3n2)CCN1C(=O)OC(C)(C)C. The fourth-order valence-electron chi connectivity index (χ4n) is 4.09. The van der Waals surface area contributed by atoms with Gasteiger partial charge in [-0.05, 0) is 51.1 Å². The van der Waals surface area contributed by atoms with Gasteiger partial charge in [0.2, 0.25) is 5.88 Å². The maximum atomic E-state index is 13.3. The number of nitrogens with zero attached hydrogens (tertiary/aromatic N) is 4. The Bertz CT molecular complexity index is 1300. The van der Waals surface area contributed by atoms with Crippen LogP contribution in [0.15, 0.2) is 48.7 Å². The van der Waals surface area contributed by atoms with Gasteiger partial charge >= 0.3 is 6.09 Å². The zero-order valence-electron chi connectivity index (χ0n) is 21.7. The largest absolute Gasteiger partial charge is 0.444 e. The van der Waals surface area contributed by atoms with E-state index in [1.807, 2.05) is 0 Å². The lowest BCUT2D eigenvalue weighted by Gasteiger charge is -2.41. The van der Waals surface area contributed by atoms with Crippen LogP contribution in [-0.2, 0) is 9.47 Å². The second kappa shape index (κ2) is 11.3. The van der Waals surface area contributed by atoms with Crippen molar-refractivity contribution in [3.63, 3.8) is 0 Å². The third-order valence-electron chi connectivity index (χ3n) is 5.87. The second-order valence-corrected chi connectivity index (χ2v) is 9.92. The van der Waals surface area contributed by atoms with E-state index in [1.54, 1.807) is 68.0 Å². The Hall–Kier alpha value is -3.86. The van der Waals surface area contributed by atoms with E-state index < -0.39 is 18.1 Å². The maximum Gasteiger partial charge on any atom is 0.410 e. The Morgan fingerprint density at radius 2 is 1.89 bits per heavy atom. The quantitative estimate of drug-likeness (QED) is 0.441. The van der Waals surface area contributed by atoms with E-state index in [-0.39, 0.29) is 42.2 Å². The van der Waals surface area contributed by atoms with Gasteiger partial charge in [-0.15, -0.1) is 0 Å². The Morgan fingerprint density at radius 3 is 2.55 bits per heavy atom. The smallest absolute Gasteiger partial charge is 0.410 e. The highest BCUT2D eigenvalue weighted by Crippen LogP contribution is 2.26. The third-order valence-corrected chi connectivity index (χ3v) is 5.87. The number of methoxy groups -OCH3 is 1. The van der Waals surface area contributed by atoms with Gasteiger partial charge in [-0.2, -0.15) is 0 Å². The molecule has 0 aliphatic carbocycles. The minimum atomic E-state index is -2.60. The lowest BCUT2D eigenvalue weighted by Crippen LogP contribution is -2.58. The van der Waals surface area contributed by atoms with E-state index in [4.69, 9.17) is 14.2 Å². The molecule has 1 atom stereocenters. The number of carbonyl (C=O) groups excluding carboxylic acids is 2. The summed E-state index contributed by atoms with van der Waals surface area (Å²) in [5, 5.41) is 0.732. The van der Waals surface area contributed by atoms with Crippen molar-refractivity contribution in [2.24, 2.45) is 0 Å². The molecule has 2 aromatic heterocycles. The molecule has 38 heavy (non-hydrogen) atoms. The third kappa shape index (κ3) is 6.52. The molecule has 4 rings (SSSR count). The fourth-order valence-corrected chi connectivity index (χ4v) is 4.09. The normalized spacial score (nSPS) is 16.1. The van der Waals surface area contributed by atoms with Gasteiger partial charge in [0, 0.05) is 50.0 Å². The molecule has 0 radical (unpaired) electrons. The highest BCUT2D eigenvalue weighted by atomic mass is 19.3. The van der Waals surface area contributed by atoms with Crippen LogP contribution in [0.3, 0.4) is 0 Å². The monoisotopic (exact) mass is 528 g/mol. The van der Waals surface area contributed by atoms with E-state index in [9.17, 15) is 18.4 Å². The van der Waals surface area contributed by atoms with Crippen LogP contribution in [0.2, 0.25) is 0 Å². The topological polar surface area (TPSA) is 94.1 Å². The van der Waals surface area contributed by atoms with Crippen LogP contribution in [0.5, 0.6) is 11.6 Å². The van der Waals surface area contributed by atoms with Crippen LogP contribution < -0.4 is 4.74 Å². The maximum absolute atomic E-state index is 13.3. The zero-order valence-corrected chi connectivity index (χ0v) is 21.7. The number of carbonyl (C=O) groups is 2. The summed E-state index contributed by atoms with van der Waals surface area (Å²) < 4.78 is 41.9. The molecular formula is C27H30F2N4O5. The summed E-state index contributed by atoms with van der Waals surface area (Å²) >= 11 is 0. The van der Waals surface area contributed by atoms with Crippen LogP contribution >= 0.6 is 0 Å². The summed E-state index contributed by atoms with van der Waals surface area (Å²) in [6, 6.07) is 10.8. The van der Waals surface area contributed by atoms with Crippen molar-refractivity contribution in [2.75, 3.05) is 33.4 Å². The summed E-state index contributed by atoms with van der Waals surface area (Å²) in [5.41, 5.74) is 0.0521. The van der Waals surface area contributed by atoms with Crippen LogP contribution in [0, 0.1) is 0 Å². The number of ether oxygens (including phenoxy) is 3. The predicted octanol–water partition coefficient (Wildman–Crippen LogP) is 5.07. The number of alkyl halides is 2. The number of halogens is 2. The Balaban J connectivity index is 1.45. The molecular weight excluding hydrogens is 498 g/mol. The standard InChI is InChI=1S/C27H30F2N4O5/c1-27(2,3)38-26(35)33-12-11-32(15-19(33)16-36-4)25(34)22-8-5-17-13-20(7-9-21(17)31-22)37-23-10-6-18(14-30-23)24(28)29/h5-10,13-14,19,24H,11-12,15-16H2,1-4H3/t19-/m1/s1. The summed E-state index contributed by atoms with van der Waals surface area (Å²) in [4.78, 5) is 37.6. The first-order chi connectivity index (χ1) is 18.0. The molecule has 1 saturated heterocycles. The lowest BCUT2D eigenvalue weighted by molar-refractivity contribution is -0.0142. The molecule has 11 heteroatoms. The molecule has 9 nitrogen and oxygen atoms in total. The molecule has 3 heterocycles. The van der Waals surface area contributed by atoms with E-state index in [0.717, 1.165) is 11.6 Å². The number of aromatic nitrogens is 2. The van der Waals surface area contributed by atoms with Gasteiger partial charge in [0.1, 0.15) is 17.0 Å². The Labute approximate surface area is 219 Å². The molecule has 1 aromatic carbocycles. The van der Waals surface area contributed by atoms with Gasteiger partial charge in [0.15, 0.2) is 0 Å². The van der Waals surface area contributed by atoms with Gasteiger partial charge in [-0.25, -0.2) is 23.5 Å². The van der Waals surface area contributed by atoms with Crippen LogP contribution in [0.25, 0.3) is 10.9 Å². The van der Waals surface area contributed by atoms with E-state index in [1.165, 1.54) is 12.1 Å². The molecule has 202 valence electrons. The summed E-state index contributed by atoms with van der Waals surface area (Å²) in [7, 11) is 1.55. The molecule has 0 unspecified atom stereocenters. The molecule has 3 aromatic rings. The minimum absolute atomic E-state index is 0.183. The second-order valence-electron chi connectivity index (χ2n) is 9.92. The summed E-state index contributed by atoms with van der Waals surface area (Å²) in [6.07, 6.45) is -1.96. The number of amides is 2. The number of pyridine rings is 2. The number of piperazine rings is 1. The van der Waals surface area contributed by atoms with Crippen molar-refractivity contribution in [3.8, 4) is 11.6 Å². The van der Waals surface area contributed by atoms with Crippen LogP contribution in [-0.4, -0.2) is 76.8 Å². The molecule has 2 amide bonds. The predicted molar refractivity (Wildman–Crippen MR) is 136 cm³/mol. The minimum Gasteiger partial charge on any atom is -0.444 e. The van der Waals surface area contributed by atoms with Crippen molar-refractivity contribution >= 4 is 22.9 Å². The van der Waals surface area contributed by atoms with Crippen molar-refractivity contribution in [1.29, 1.82) is 0 Å². The molecule has 0 bridgehead atoms. The van der Waals surface area contributed by atoms with E-state index in [2.05, 4.69) is 9.97 Å². The van der Waals surface area contributed by atoms with Gasteiger partial charge in [0.05, 0.1) is 18.2 Å². The molecule has 0 saturated carbocycles. The first kappa shape index (κ1) is 27.2. The molecule has 1 fully saturated rings. The first-order valence-electron chi connectivity index (χ1n) is 12.1. The summed E-state index contributed by atoms with van der Waals surface area (Å²) in [5.74, 6) is 0.390. The van der Waals surface area contributed by atoms with Crippen molar-refractivity contribution in [1.82, 2.24) is 19.8 Å². The molecule has 0 N–H and O–H groups in total. The molecule has 1 aliphatic heterocycles. The van der Waals surface area contributed by atoms with Crippen molar-refractivity contribution in [3.05, 3.63) is 59.9 Å². The van der Waals surface area contributed by atoms with Gasteiger partial charge in [0.25, 0.3) is 12.3 Å². The van der Waals surface area contributed by atoms with Gasteiger partial charge in [-0.1, -0.05) is 6.07 Å². The van der Waals surface area contributed by atoms with Gasteiger partial charge in [-0.3, -0.25) is 9.69 Å². The number of hydrogen-bond acceptors (Lipinski definition) is 7. The van der Waals surface area contributed by atoms with E-state index >= 15 is 0 Å².